The number of aromatic nitrogens is 2. The van der Waals surface area contributed by atoms with Gasteiger partial charge in [-0.15, -0.1) is 11.3 Å². The summed E-state index contributed by atoms with van der Waals surface area (Å²) in [6.45, 7) is 1.96. The van der Waals surface area contributed by atoms with E-state index in [0.29, 0.717) is 22.2 Å². The average Bonchev–Trinajstić information content (AvgIpc) is 3.07. The van der Waals surface area contributed by atoms with Crippen molar-refractivity contribution in [3.8, 4) is 11.3 Å². The first-order valence-electron chi connectivity index (χ1n) is 8.06. The predicted octanol–water partition coefficient (Wildman–Crippen LogP) is 4.21. The molecular weight excluding hydrogens is 346 g/mol. The van der Waals surface area contributed by atoms with Crippen LogP contribution in [0.4, 0.5) is 5.69 Å². The van der Waals surface area contributed by atoms with Crippen LogP contribution >= 0.6 is 11.3 Å². The zero-order valence-electron chi connectivity index (χ0n) is 13.9. The van der Waals surface area contributed by atoms with Gasteiger partial charge in [0.05, 0.1) is 16.3 Å². The number of aromatic amines is 1. The number of aryl methyl sites for hydroxylation is 1. The molecule has 5 nitrogen and oxygen atoms in total. The van der Waals surface area contributed by atoms with Gasteiger partial charge in [0, 0.05) is 33.6 Å². The maximum atomic E-state index is 12.8. The molecule has 0 bridgehead atoms. The van der Waals surface area contributed by atoms with Crippen LogP contribution in [0.2, 0.25) is 0 Å². The predicted molar refractivity (Wildman–Crippen MR) is 105 cm³/mol. The van der Waals surface area contributed by atoms with Crippen molar-refractivity contribution >= 4 is 33.8 Å². The Labute approximate surface area is 153 Å². The largest absolute Gasteiger partial charge is 0.322 e. The molecule has 0 unspecified atom stereocenters. The lowest BCUT2D eigenvalue weighted by Crippen LogP contribution is -2.16. The monoisotopic (exact) mass is 361 g/mol. The molecule has 4 aromatic rings. The number of anilines is 1. The van der Waals surface area contributed by atoms with E-state index in [-0.39, 0.29) is 11.5 Å². The van der Waals surface area contributed by atoms with Crippen molar-refractivity contribution < 1.29 is 4.79 Å². The minimum atomic E-state index is -0.320. The number of para-hydroxylation sites is 1. The van der Waals surface area contributed by atoms with E-state index < -0.39 is 0 Å². The Bertz CT molecular complexity index is 1180. The molecule has 0 aliphatic heterocycles. The summed E-state index contributed by atoms with van der Waals surface area (Å²) in [5.74, 6) is -0.320. The van der Waals surface area contributed by atoms with E-state index >= 15 is 0 Å². The van der Waals surface area contributed by atoms with Crippen LogP contribution in [-0.4, -0.2) is 15.9 Å². The number of rotatable bonds is 3. The third-order valence-corrected chi connectivity index (χ3v) is 4.80. The number of hydrogen-bond donors (Lipinski definition) is 2. The highest BCUT2D eigenvalue weighted by Gasteiger charge is 2.12. The Hall–Kier alpha value is -3.25. The number of carbonyl (C=O) groups is 1. The highest BCUT2D eigenvalue weighted by atomic mass is 32.1. The van der Waals surface area contributed by atoms with E-state index in [1.54, 1.807) is 17.4 Å². The fraction of sp³-hybridized carbons (Fsp3) is 0.0500. The second-order valence-corrected chi connectivity index (χ2v) is 6.94. The summed E-state index contributed by atoms with van der Waals surface area (Å²) in [5, 5.41) is 6.56. The molecule has 1 amide bonds. The van der Waals surface area contributed by atoms with Gasteiger partial charge in [0.1, 0.15) is 0 Å². The van der Waals surface area contributed by atoms with Gasteiger partial charge in [-0.1, -0.05) is 30.3 Å². The maximum absolute atomic E-state index is 12.8. The lowest BCUT2D eigenvalue weighted by Gasteiger charge is -2.09. The first-order chi connectivity index (χ1) is 12.6. The molecule has 2 aromatic carbocycles. The number of nitrogens with one attached hydrogen (secondary N) is 2. The topological polar surface area (TPSA) is 74.8 Å². The number of hydrogen-bond acceptors (Lipinski definition) is 4. The van der Waals surface area contributed by atoms with Crippen molar-refractivity contribution in [1.29, 1.82) is 0 Å². The molecule has 2 heterocycles. The Morgan fingerprint density at radius 1 is 1.12 bits per heavy atom. The second-order valence-electron chi connectivity index (χ2n) is 5.88. The molecule has 0 aliphatic rings. The summed E-state index contributed by atoms with van der Waals surface area (Å²) in [7, 11) is 0. The number of carbonyl (C=O) groups excluding carboxylic acids is 1. The summed E-state index contributed by atoms with van der Waals surface area (Å²) in [6.07, 6.45) is 0. The Morgan fingerprint density at radius 2 is 1.96 bits per heavy atom. The van der Waals surface area contributed by atoms with Gasteiger partial charge in [0.25, 0.3) is 5.91 Å². The van der Waals surface area contributed by atoms with Gasteiger partial charge in [0.15, 0.2) is 0 Å². The molecule has 0 aliphatic carbocycles. The normalized spacial score (nSPS) is 10.8. The van der Waals surface area contributed by atoms with Crippen molar-refractivity contribution in [3.63, 3.8) is 0 Å². The zero-order valence-corrected chi connectivity index (χ0v) is 14.8. The number of H-pyrrole nitrogens is 1. The van der Waals surface area contributed by atoms with Crippen molar-refractivity contribution in [1.82, 2.24) is 9.97 Å². The van der Waals surface area contributed by atoms with Gasteiger partial charge in [-0.2, -0.15) is 0 Å². The van der Waals surface area contributed by atoms with Crippen molar-refractivity contribution in [2.24, 2.45) is 0 Å². The number of amides is 1. The van der Waals surface area contributed by atoms with E-state index in [1.807, 2.05) is 54.8 Å². The van der Waals surface area contributed by atoms with Gasteiger partial charge < -0.3 is 10.3 Å². The van der Waals surface area contributed by atoms with Crippen LogP contribution < -0.4 is 10.9 Å². The molecule has 2 aromatic heterocycles. The molecule has 0 saturated carbocycles. The summed E-state index contributed by atoms with van der Waals surface area (Å²) in [5.41, 5.74) is 3.15. The number of fused-ring (bicyclic) bond motifs is 1. The lowest BCUT2D eigenvalue weighted by atomic mass is 10.1. The van der Waals surface area contributed by atoms with E-state index in [1.165, 1.54) is 6.07 Å². The second kappa shape index (κ2) is 6.57. The lowest BCUT2D eigenvalue weighted by molar-refractivity contribution is 0.102. The number of benzene rings is 2. The highest BCUT2D eigenvalue weighted by molar-refractivity contribution is 7.09. The zero-order chi connectivity index (χ0) is 18.1. The van der Waals surface area contributed by atoms with Crippen molar-refractivity contribution in [2.75, 3.05) is 5.32 Å². The maximum Gasteiger partial charge on any atom is 0.256 e. The standard InChI is InChI=1S/C20H15N3O2S/c1-12-21-18(11-26-12)13-5-4-6-14(9-13)22-20(25)16-10-19(24)23-17-8-3-2-7-15(16)17/h2-11H,1H3,(H,22,25)(H,23,24). The summed E-state index contributed by atoms with van der Waals surface area (Å²) in [6, 6.07) is 16.1. The van der Waals surface area contributed by atoms with E-state index in [4.69, 9.17) is 0 Å². The molecule has 2 N–H and O–H groups in total. The van der Waals surface area contributed by atoms with Crippen LogP contribution in [0.25, 0.3) is 22.2 Å². The van der Waals surface area contributed by atoms with Gasteiger partial charge in [-0.3, -0.25) is 9.59 Å². The van der Waals surface area contributed by atoms with Crippen LogP contribution in [-0.2, 0) is 0 Å². The third-order valence-electron chi connectivity index (χ3n) is 4.03. The van der Waals surface area contributed by atoms with Gasteiger partial charge in [-0.25, -0.2) is 4.98 Å². The average molecular weight is 361 g/mol. The fourth-order valence-corrected chi connectivity index (χ4v) is 3.47. The molecule has 0 radical (unpaired) electrons. The molecule has 0 fully saturated rings. The van der Waals surface area contributed by atoms with E-state index in [9.17, 15) is 9.59 Å². The summed E-state index contributed by atoms with van der Waals surface area (Å²) < 4.78 is 0. The Kier molecular flexibility index (Phi) is 4.10. The molecule has 0 saturated heterocycles. The van der Waals surface area contributed by atoms with Gasteiger partial charge >= 0.3 is 0 Å². The van der Waals surface area contributed by atoms with Crippen molar-refractivity contribution in [2.45, 2.75) is 6.92 Å². The van der Waals surface area contributed by atoms with Crippen LogP contribution in [0.3, 0.4) is 0 Å². The van der Waals surface area contributed by atoms with Gasteiger partial charge in [0.2, 0.25) is 5.56 Å². The smallest absolute Gasteiger partial charge is 0.256 e. The van der Waals surface area contributed by atoms with E-state index in [2.05, 4.69) is 15.3 Å². The molecule has 0 atom stereocenters. The first kappa shape index (κ1) is 16.2. The fourth-order valence-electron chi connectivity index (χ4n) is 2.84. The Morgan fingerprint density at radius 3 is 2.77 bits per heavy atom. The molecule has 128 valence electrons. The third kappa shape index (κ3) is 3.14. The quantitative estimate of drug-likeness (QED) is 0.574. The Balaban J connectivity index is 1.68. The SMILES string of the molecule is Cc1nc(-c2cccc(NC(=O)c3cc(=O)[nH]c4ccccc34)c2)cs1. The summed E-state index contributed by atoms with van der Waals surface area (Å²) >= 11 is 1.58. The molecule has 0 spiro atoms. The molecule has 4 rings (SSSR count). The number of nitrogens with zero attached hydrogens (tertiary/aromatic N) is 1. The first-order valence-corrected chi connectivity index (χ1v) is 8.94. The van der Waals surface area contributed by atoms with E-state index in [0.717, 1.165) is 16.3 Å². The minimum Gasteiger partial charge on any atom is -0.322 e. The summed E-state index contributed by atoms with van der Waals surface area (Å²) in [4.78, 5) is 31.8. The van der Waals surface area contributed by atoms with Crippen LogP contribution in [0.1, 0.15) is 15.4 Å². The van der Waals surface area contributed by atoms with Crippen molar-refractivity contribution in [3.05, 3.63) is 80.9 Å². The van der Waals surface area contributed by atoms with Crippen LogP contribution in [0.5, 0.6) is 0 Å². The van der Waals surface area contributed by atoms with Crippen LogP contribution in [0.15, 0.2) is 64.8 Å². The number of thiazole rings is 1. The van der Waals surface area contributed by atoms with Gasteiger partial charge in [-0.05, 0) is 25.1 Å². The molecule has 6 heteroatoms. The highest BCUT2D eigenvalue weighted by Crippen LogP contribution is 2.25. The molecular formula is C20H15N3O2S. The minimum absolute atomic E-state index is 0.305. The molecule has 26 heavy (non-hydrogen) atoms. The van der Waals surface area contributed by atoms with Crippen LogP contribution in [0, 0.1) is 6.92 Å². The number of pyridine rings is 1.